The Hall–Kier alpha value is -1.20. The van der Waals surface area contributed by atoms with Gasteiger partial charge in [-0.05, 0) is 31.0 Å². The van der Waals surface area contributed by atoms with E-state index in [1.165, 1.54) is 0 Å². The van der Waals surface area contributed by atoms with Gasteiger partial charge < -0.3 is 5.32 Å². The van der Waals surface area contributed by atoms with Gasteiger partial charge in [0, 0.05) is 17.3 Å². The fourth-order valence-corrected chi connectivity index (χ4v) is 1.49. The summed E-state index contributed by atoms with van der Waals surface area (Å²) in [5.41, 5.74) is 2.04. The van der Waals surface area contributed by atoms with Crippen LogP contribution in [0, 0.1) is 24.2 Å². The largest absolute Gasteiger partial charge is 0.383 e. The Morgan fingerprint density at radius 2 is 2.27 bits per heavy atom. The average molecular weight is 223 g/mol. The molecule has 15 heavy (non-hydrogen) atoms. The van der Waals surface area contributed by atoms with Crippen molar-refractivity contribution in [3.8, 4) is 6.07 Å². The van der Waals surface area contributed by atoms with E-state index in [4.69, 9.17) is 16.9 Å². The Bertz CT molecular complexity index is 368. The maximum Gasteiger partial charge on any atom is 0.0674 e. The van der Waals surface area contributed by atoms with Crippen LogP contribution in [0.4, 0.5) is 5.69 Å². The number of benzene rings is 1. The molecule has 3 heteroatoms. The first-order valence-corrected chi connectivity index (χ1v) is 5.45. The zero-order valence-electron chi connectivity index (χ0n) is 9.05. The van der Waals surface area contributed by atoms with E-state index in [-0.39, 0.29) is 5.92 Å². The van der Waals surface area contributed by atoms with Gasteiger partial charge >= 0.3 is 0 Å². The number of nitrogens with zero attached hydrogens (tertiary/aromatic N) is 1. The minimum absolute atomic E-state index is 0.0587. The Balaban J connectivity index is 2.66. The number of rotatable bonds is 4. The second-order valence-electron chi connectivity index (χ2n) is 3.53. The number of anilines is 1. The smallest absolute Gasteiger partial charge is 0.0674 e. The molecule has 0 saturated heterocycles. The van der Waals surface area contributed by atoms with Gasteiger partial charge in [-0.3, -0.25) is 0 Å². The van der Waals surface area contributed by atoms with Crippen LogP contribution in [0.1, 0.15) is 18.9 Å². The number of halogens is 1. The Labute approximate surface area is 95.9 Å². The third-order valence-electron chi connectivity index (χ3n) is 2.48. The van der Waals surface area contributed by atoms with Gasteiger partial charge in [0.05, 0.1) is 12.0 Å². The van der Waals surface area contributed by atoms with Gasteiger partial charge in [0.1, 0.15) is 0 Å². The van der Waals surface area contributed by atoms with Crippen LogP contribution in [0.5, 0.6) is 0 Å². The predicted molar refractivity (Wildman–Crippen MR) is 64.1 cm³/mol. The van der Waals surface area contributed by atoms with Gasteiger partial charge in [-0.15, -0.1) is 0 Å². The van der Waals surface area contributed by atoms with Gasteiger partial charge in [-0.2, -0.15) is 5.26 Å². The molecule has 0 fully saturated rings. The summed E-state index contributed by atoms with van der Waals surface area (Å²) in [7, 11) is 0. The molecule has 1 atom stereocenters. The number of nitrogens with one attached hydrogen (secondary N) is 1. The van der Waals surface area contributed by atoms with Crippen molar-refractivity contribution in [1.82, 2.24) is 0 Å². The molecule has 0 saturated carbocycles. The zero-order valence-corrected chi connectivity index (χ0v) is 9.80. The summed E-state index contributed by atoms with van der Waals surface area (Å²) in [4.78, 5) is 0. The monoisotopic (exact) mass is 222 g/mol. The molecule has 2 nitrogen and oxygen atoms in total. The summed E-state index contributed by atoms with van der Waals surface area (Å²) in [5.74, 6) is 0.0587. The molecule has 0 radical (unpaired) electrons. The number of hydrogen-bond donors (Lipinski definition) is 1. The molecule has 1 unspecified atom stereocenters. The topological polar surface area (TPSA) is 35.8 Å². The van der Waals surface area contributed by atoms with Gasteiger partial charge in [-0.25, -0.2) is 0 Å². The molecule has 0 bridgehead atoms. The third kappa shape index (κ3) is 3.14. The molecule has 0 aromatic heterocycles. The molecule has 1 aromatic rings. The van der Waals surface area contributed by atoms with Crippen molar-refractivity contribution in [2.24, 2.45) is 5.92 Å². The maximum atomic E-state index is 8.81. The van der Waals surface area contributed by atoms with Crippen molar-refractivity contribution in [2.75, 3.05) is 11.9 Å². The van der Waals surface area contributed by atoms with Gasteiger partial charge in [0.15, 0.2) is 0 Å². The Morgan fingerprint density at radius 3 is 2.87 bits per heavy atom. The minimum atomic E-state index is 0.0587. The molecule has 0 aliphatic heterocycles. The second-order valence-corrected chi connectivity index (χ2v) is 3.93. The maximum absolute atomic E-state index is 8.81. The zero-order chi connectivity index (χ0) is 11.3. The lowest BCUT2D eigenvalue weighted by Crippen LogP contribution is -2.12. The highest BCUT2D eigenvalue weighted by Gasteiger charge is 2.06. The van der Waals surface area contributed by atoms with E-state index in [1.807, 2.05) is 32.0 Å². The van der Waals surface area contributed by atoms with E-state index in [0.717, 1.165) is 22.7 Å². The fourth-order valence-electron chi connectivity index (χ4n) is 1.31. The molecule has 0 amide bonds. The third-order valence-corrected chi connectivity index (χ3v) is 2.89. The summed E-state index contributed by atoms with van der Waals surface area (Å²) in [6, 6.07) is 8.01. The lowest BCUT2D eigenvalue weighted by molar-refractivity contribution is 0.674. The highest BCUT2D eigenvalue weighted by atomic mass is 35.5. The average Bonchev–Trinajstić information content (AvgIpc) is 2.25. The van der Waals surface area contributed by atoms with Crippen LogP contribution in [-0.4, -0.2) is 6.54 Å². The van der Waals surface area contributed by atoms with E-state index >= 15 is 0 Å². The van der Waals surface area contributed by atoms with E-state index < -0.39 is 0 Å². The lowest BCUT2D eigenvalue weighted by Gasteiger charge is -2.12. The summed E-state index contributed by atoms with van der Waals surface area (Å²) in [6.45, 7) is 4.66. The van der Waals surface area contributed by atoms with Crippen LogP contribution in [0.2, 0.25) is 5.02 Å². The molecule has 1 rings (SSSR count). The minimum Gasteiger partial charge on any atom is -0.383 e. The first kappa shape index (κ1) is 11.9. The van der Waals surface area contributed by atoms with Crippen LogP contribution >= 0.6 is 11.6 Å². The van der Waals surface area contributed by atoms with Crippen molar-refractivity contribution in [2.45, 2.75) is 20.3 Å². The van der Waals surface area contributed by atoms with Crippen molar-refractivity contribution in [3.05, 3.63) is 28.8 Å². The van der Waals surface area contributed by atoms with Crippen LogP contribution in [0.25, 0.3) is 0 Å². The van der Waals surface area contributed by atoms with E-state index in [1.54, 1.807) is 0 Å². The summed E-state index contributed by atoms with van der Waals surface area (Å²) >= 11 is 5.99. The Morgan fingerprint density at radius 1 is 1.53 bits per heavy atom. The summed E-state index contributed by atoms with van der Waals surface area (Å²) in [5, 5.41) is 12.8. The van der Waals surface area contributed by atoms with Crippen molar-refractivity contribution < 1.29 is 0 Å². The highest BCUT2D eigenvalue weighted by Crippen LogP contribution is 2.23. The molecule has 0 aliphatic rings. The van der Waals surface area contributed by atoms with Crippen molar-refractivity contribution >= 4 is 17.3 Å². The molecular formula is C12H15ClN2. The first-order valence-electron chi connectivity index (χ1n) is 5.07. The second kappa shape index (κ2) is 5.63. The Kier molecular flexibility index (Phi) is 4.45. The molecule has 80 valence electrons. The lowest BCUT2D eigenvalue weighted by atomic mass is 10.1. The van der Waals surface area contributed by atoms with Gasteiger partial charge in [0.25, 0.3) is 0 Å². The predicted octanol–water partition coefficient (Wildman–Crippen LogP) is 3.61. The first-order chi connectivity index (χ1) is 7.19. The van der Waals surface area contributed by atoms with Crippen LogP contribution in [-0.2, 0) is 0 Å². The molecule has 1 N–H and O–H groups in total. The van der Waals surface area contributed by atoms with E-state index in [9.17, 15) is 0 Å². The van der Waals surface area contributed by atoms with Crippen LogP contribution in [0.15, 0.2) is 18.2 Å². The van der Waals surface area contributed by atoms with Gasteiger partial charge in [0.2, 0.25) is 0 Å². The standard InChI is InChI=1S/C12H15ClN2/c1-3-10(7-14)8-15-12-6-4-5-11(13)9(12)2/h4-6,10,15H,3,8H2,1-2H3. The number of hydrogen-bond acceptors (Lipinski definition) is 2. The van der Waals surface area contributed by atoms with Gasteiger partial charge in [-0.1, -0.05) is 24.6 Å². The molecule has 0 spiro atoms. The summed E-state index contributed by atoms with van der Waals surface area (Å²) in [6.07, 6.45) is 0.864. The summed E-state index contributed by atoms with van der Waals surface area (Å²) < 4.78 is 0. The molecule has 0 heterocycles. The quantitative estimate of drug-likeness (QED) is 0.845. The van der Waals surface area contributed by atoms with Crippen LogP contribution < -0.4 is 5.32 Å². The molecule has 1 aromatic carbocycles. The number of nitriles is 1. The SMILES string of the molecule is CCC(C#N)CNc1cccc(Cl)c1C. The fraction of sp³-hybridized carbons (Fsp3) is 0.417. The van der Waals surface area contributed by atoms with E-state index in [2.05, 4.69) is 11.4 Å². The highest BCUT2D eigenvalue weighted by molar-refractivity contribution is 6.31. The normalized spacial score (nSPS) is 11.9. The van der Waals surface area contributed by atoms with E-state index in [0.29, 0.717) is 6.54 Å². The molecule has 0 aliphatic carbocycles. The van der Waals surface area contributed by atoms with Crippen LogP contribution in [0.3, 0.4) is 0 Å². The van der Waals surface area contributed by atoms with Crippen molar-refractivity contribution in [1.29, 1.82) is 5.26 Å². The van der Waals surface area contributed by atoms with Crippen molar-refractivity contribution in [3.63, 3.8) is 0 Å². The molecular weight excluding hydrogens is 208 g/mol.